The maximum atomic E-state index is 5.47. The standard InChI is InChI=1S/C12H11N4.Y/c1-10-7-15-16(9-10)6-2-3-12-5-4-11(13)8-14-12;/h5,7-9H,6,13H2,1H3;/q-1;. The molecule has 17 heavy (non-hydrogen) atoms. The molecule has 2 N–H and O–H groups in total. The molecule has 83 valence electrons. The summed E-state index contributed by atoms with van der Waals surface area (Å²) < 4.78 is 1.78. The minimum absolute atomic E-state index is 0. The number of aryl methyl sites for hydroxylation is 1. The van der Waals surface area contributed by atoms with Gasteiger partial charge in [0.2, 0.25) is 0 Å². The van der Waals surface area contributed by atoms with Gasteiger partial charge < -0.3 is 10.7 Å². The predicted molar refractivity (Wildman–Crippen MR) is 61.3 cm³/mol. The van der Waals surface area contributed by atoms with Crippen LogP contribution in [0.25, 0.3) is 0 Å². The number of hydrogen-bond donors (Lipinski definition) is 1. The molecule has 0 aliphatic heterocycles. The van der Waals surface area contributed by atoms with E-state index in [2.05, 4.69) is 28.0 Å². The van der Waals surface area contributed by atoms with Crippen LogP contribution in [0.5, 0.6) is 0 Å². The second-order valence-corrected chi connectivity index (χ2v) is 3.40. The average molecular weight is 300 g/mol. The van der Waals surface area contributed by atoms with Crippen molar-refractivity contribution in [2.75, 3.05) is 5.73 Å². The molecule has 5 heteroatoms. The second kappa shape index (κ2) is 6.53. The Kier molecular flexibility index (Phi) is 5.34. The number of nitrogen functional groups attached to an aromatic ring is 1. The van der Waals surface area contributed by atoms with Crippen molar-refractivity contribution < 1.29 is 32.7 Å². The van der Waals surface area contributed by atoms with E-state index in [1.807, 2.05) is 13.1 Å². The maximum Gasteiger partial charge on any atom is 0.101 e. The minimum atomic E-state index is 0. The van der Waals surface area contributed by atoms with E-state index in [-0.39, 0.29) is 32.7 Å². The zero-order valence-corrected chi connectivity index (χ0v) is 12.4. The van der Waals surface area contributed by atoms with E-state index in [1.54, 1.807) is 23.1 Å². The van der Waals surface area contributed by atoms with Crippen LogP contribution in [0.4, 0.5) is 5.69 Å². The van der Waals surface area contributed by atoms with Crippen LogP contribution in [-0.2, 0) is 39.3 Å². The Bertz CT molecular complexity index is 534. The van der Waals surface area contributed by atoms with Crippen LogP contribution in [0, 0.1) is 24.8 Å². The fraction of sp³-hybridized carbons (Fsp3) is 0.167. The molecular weight excluding hydrogens is 289 g/mol. The summed E-state index contributed by atoms with van der Waals surface area (Å²) in [7, 11) is 0. The van der Waals surface area contributed by atoms with Crippen LogP contribution in [-0.4, -0.2) is 14.8 Å². The third-order valence-corrected chi connectivity index (χ3v) is 1.94. The first-order valence-electron chi connectivity index (χ1n) is 4.85. The Balaban J connectivity index is 0.00000144. The number of rotatable bonds is 1. The topological polar surface area (TPSA) is 56.7 Å². The molecule has 2 aromatic rings. The smallest absolute Gasteiger partial charge is 0.101 e. The first-order chi connectivity index (χ1) is 7.74. The SMILES string of the molecule is Cc1cnn(CC#Cc2c[c-]c(N)cn2)c1.[Y]. The number of aromatic nitrogens is 3. The van der Waals surface area contributed by atoms with Gasteiger partial charge in [0.25, 0.3) is 0 Å². The predicted octanol–water partition coefficient (Wildman–Crippen LogP) is 1.02. The van der Waals surface area contributed by atoms with Gasteiger partial charge in [0, 0.05) is 38.9 Å². The molecule has 0 bridgehead atoms. The number of nitrogens with zero attached hydrogens (tertiary/aromatic N) is 3. The van der Waals surface area contributed by atoms with Crippen LogP contribution in [0.3, 0.4) is 0 Å². The summed E-state index contributed by atoms with van der Waals surface area (Å²) in [6, 6.07) is 4.52. The molecule has 2 aromatic heterocycles. The van der Waals surface area contributed by atoms with Gasteiger partial charge in [-0.15, -0.1) is 12.0 Å². The molecule has 0 aliphatic carbocycles. The van der Waals surface area contributed by atoms with Gasteiger partial charge in [0.1, 0.15) is 6.54 Å². The van der Waals surface area contributed by atoms with Crippen molar-refractivity contribution >= 4 is 5.69 Å². The minimum Gasteiger partial charge on any atom is -0.418 e. The molecule has 0 atom stereocenters. The summed E-state index contributed by atoms with van der Waals surface area (Å²) in [6.07, 6.45) is 5.29. The van der Waals surface area contributed by atoms with Crippen molar-refractivity contribution in [1.29, 1.82) is 0 Å². The van der Waals surface area contributed by atoms with E-state index in [1.165, 1.54) is 0 Å². The van der Waals surface area contributed by atoms with Crippen LogP contribution in [0.1, 0.15) is 11.3 Å². The third kappa shape index (κ3) is 4.30. The Morgan fingerprint density at radius 2 is 2.29 bits per heavy atom. The van der Waals surface area contributed by atoms with Crippen molar-refractivity contribution in [3.63, 3.8) is 0 Å². The van der Waals surface area contributed by atoms with Crippen LogP contribution in [0.15, 0.2) is 24.7 Å². The van der Waals surface area contributed by atoms with Crippen molar-refractivity contribution in [3.8, 4) is 11.8 Å². The number of nitrogens with two attached hydrogens (primary N) is 1. The molecule has 0 aromatic carbocycles. The summed E-state index contributed by atoms with van der Waals surface area (Å²) in [5.41, 5.74) is 7.78. The Hall–Kier alpha value is -1.18. The normalized spacial score (nSPS) is 9.00. The molecule has 0 amide bonds. The Morgan fingerprint density at radius 1 is 1.47 bits per heavy atom. The zero-order valence-electron chi connectivity index (χ0n) is 9.51. The summed E-state index contributed by atoms with van der Waals surface area (Å²) >= 11 is 0. The second-order valence-electron chi connectivity index (χ2n) is 3.40. The van der Waals surface area contributed by atoms with E-state index < -0.39 is 0 Å². The van der Waals surface area contributed by atoms with Gasteiger partial charge in [-0.25, -0.2) is 0 Å². The van der Waals surface area contributed by atoms with Crippen molar-refractivity contribution in [2.24, 2.45) is 0 Å². The van der Waals surface area contributed by atoms with E-state index in [0.29, 0.717) is 17.9 Å². The fourth-order valence-electron chi connectivity index (χ4n) is 1.20. The van der Waals surface area contributed by atoms with Crippen molar-refractivity contribution in [2.45, 2.75) is 13.5 Å². The van der Waals surface area contributed by atoms with Crippen LogP contribution >= 0.6 is 0 Å². The van der Waals surface area contributed by atoms with E-state index >= 15 is 0 Å². The van der Waals surface area contributed by atoms with Crippen LogP contribution < -0.4 is 5.73 Å². The zero-order chi connectivity index (χ0) is 11.4. The van der Waals surface area contributed by atoms with Gasteiger partial charge in [0.05, 0.1) is 6.20 Å². The first kappa shape index (κ1) is 13.9. The van der Waals surface area contributed by atoms with Crippen molar-refractivity contribution in [3.05, 3.63) is 42.0 Å². The molecule has 0 saturated carbocycles. The van der Waals surface area contributed by atoms with Gasteiger partial charge in [-0.1, -0.05) is 17.8 Å². The fourth-order valence-corrected chi connectivity index (χ4v) is 1.20. The average Bonchev–Trinajstić information content (AvgIpc) is 2.67. The van der Waals surface area contributed by atoms with Crippen molar-refractivity contribution in [1.82, 2.24) is 14.8 Å². The van der Waals surface area contributed by atoms with Gasteiger partial charge >= 0.3 is 0 Å². The quantitative estimate of drug-likeness (QED) is 0.632. The van der Waals surface area contributed by atoms with Crippen LogP contribution in [0.2, 0.25) is 0 Å². The number of hydrogen-bond acceptors (Lipinski definition) is 3. The summed E-state index contributed by atoms with van der Waals surface area (Å²) in [5.74, 6) is 5.90. The third-order valence-electron chi connectivity index (χ3n) is 1.94. The molecule has 0 unspecified atom stereocenters. The molecule has 0 spiro atoms. The molecule has 2 rings (SSSR count). The Labute approximate surface area is 125 Å². The molecular formula is C12H11N4Y-. The van der Waals surface area contributed by atoms with Gasteiger partial charge in [-0.3, -0.25) is 4.68 Å². The summed E-state index contributed by atoms with van der Waals surface area (Å²) in [6.45, 7) is 2.55. The van der Waals surface area contributed by atoms with E-state index in [9.17, 15) is 0 Å². The molecule has 0 aliphatic rings. The monoisotopic (exact) mass is 300 g/mol. The van der Waals surface area contributed by atoms with E-state index in [0.717, 1.165) is 5.56 Å². The van der Waals surface area contributed by atoms with Gasteiger partial charge in [-0.2, -0.15) is 11.2 Å². The summed E-state index contributed by atoms with van der Waals surface area (Å²) in [5, 5.41) is 4.13. The number of pyridine rings is 1. The maximum absolute atomic E-state index is 5.47. The molecule has 2 heterocycles. The first-order valence-corrected chi connectivity index (χ1v) is 4.85. The molecule has 0 fully saturated rings. The van der Waals surface area contributed by atoms with E-state index in [4.69, 9.17) is 5.73 Å². The molecule has 1 radical (unpaired) electrons. The van der Waals surface area contributed by atoms with Gasteiger partial charge in [-0.05, 0) is 18.2 Å². The number of anilines is 1. The summed E-state index contributed by atoms with van der Waals surface area (Å²) in [4.78, 5) is 4.06. The Morgan fingerprint density at radius 3 is 2.88 bits per heavy atom. The molecule has 4 nitrogen and oxygen atoms in total. The largest absolute Gasteiger partial charge is 0.418 e. The van der Waals surface area contributed by atoms with Gasteiger partial charge in [0.15, 0.2) is 0 Å². The molecule has 0 saturated heterocycles.